The Morgan fingerprint density at radius 1 is 1.29 bits per heavy atom. The monoisotopic (exact) mass is 305 g/mol. The minimum Gasteiger partial charge on any atom is -0.370 e. The Labute approximate surface area is 130 Å². The molecular weight excluding hydrogens is 282 g/mol. The summed E-state index contributed by atoms with van der Waals surface area (Å²) in [5, 5.41) is 6.47. The molecule has 0 aliphatic carbocycles. The summed E-state index contributed by atoms with van der Waals surface area (Å²) in [5.74, 6) is 2.98. The van der Waals surface area contributed by atoms with Crippen LogP contribution in [-0.4, -0.2) is 28.5 Å². The molecule has 0 radical (unpaired) electrons. The molecule has 2 heterocycles. The predicted molar refractivity (Wildman–Crippen MR) is 89.2 cm³/mol. The third-order valence-corrected chi connectivity index (χ3v) is 3.88. The first-order valence-corrected chi connectivity index (χ1v) is 8.12. The fourth-order valence-electron chi connectivity index (χ4n) is 1.98. The first-order valence-electron chi connectivity index (χ1n) is 7.24. The van der Waals surface area contributed by atoms with E-state index in [1.54, 1.807) is 11.3 Å². The number of anilines is 2. The lowest BCUT2D eigenvalue weighted by Crippen LogP contribution is -2.19. The molecule has 0 saturated carbocycles. The number of hydrogen-bond acceptors (Lipinski definition) is 6. The first-order chi connectivity index (χ1) is 9.99. The van der Waals surface area contributed by atoms with Crippen molar-refractivity contribution in [1.29, 1.82) is 0 Å². The van der Waals surface area contributed by atoms with Crippen molar-refractivity contribution < 1.29 is 0 Å². The lowest BCUT2D eigenvalue weighted by atomic mass is 10.2. The zero-order valence-electron chi connectivity index (χ0n) is 13.3. The van der Waals surface area contributed by atoms with Crippen LogP contribution in [0.4, 0.5) is 11.6 Å². The lowest BCUT2D eigenvalue weighted by Gasteiger charge is -2.19. The number of nitrogens with zero attached hydrogens (tertiary/aromatic N) is 4. The molecule has 0 bridgehead atoms. The van der Waals surface area contributed by atoms with Gasteiger partial charge in [-0.05, 0) is 13.8 Å². The second-order valence-electron chi connectivity index (χ2n) is 5.37. The van der Waals surface area contributed by atoms with Crippen molar-refractivity contribution in [3.05, 3.63) is 28.0 Å². The third kappa shape index (κ3) is 4.14. The summed E-state index contributed by atoms with van der Waals surface area (Å²) in [5.41, 5.74) is 1.08. The fourth-order valence-corrected chi connectivity index (χ4v) is 2.59. The van der Waals surface area contributed by atoms with E-state index in [1.165, 1.54) is 0 Å². The molecule has 2 rings (SSSR count). The van der Waals surface area contributed by atoms with Crippen LogP contribution < -0.4 is 10.2 Å². The summed E-state index contributed by atoms with van der Waals surface area (Å²) >= 11 is 1.68. The molecule has 0 atom stereocenters. The molecule has 1 N–H and O–H groups in total. The molecule has 114 valence electrons. The van der Waals surface area contributed by atoms with Gasteiger partial charge in [0.25, 0.3) is 0 Å². The van der Waals surface area contributed by atoms with Crippen molar-refractivity contribution in [2.75, 3.05) is 23.8 Å². The average Bonchev–Trinajstić information content (AvgIpc) is 2.84. The predicted octanol–water partition coefficient (Wildman–Crippen LogP) is 3.43. The van der Waals surface area contributed by atoms with E-state index in [2.05, 4.69) is 51.3 Å². The van der Waals surface area contributed by atoms with Crippen LogP contribution in [0, 0.1) is 6.92 Å². The molecule has 0 aromatic carbocycles. The van der Waals surface area contributed by atoms with Crippen LogP contribution in [0.25, 0.3) is 0 Å². The Morgan fingerprint density at radius 3 is 2.62 bits per heavy atom. The summed E-state index contributed by atoms with van der Waals surface area (Å²) in [6.07, 6.45) is 0. The van der Waals surface area contributed by atoms with Crippen LogP contribution in [0.1, 0.15) is 43.2 Å². The van der Waals surface area contributed by atoms with Gasteiger partial charge in [0.15, 0.2) is 0 Å². The molecule has 0 spiro atoms. The van der Waals surface area contributed by atoms with E-state index < -0.39 is 0 Å². The largest absolute Gasteiger partial charge is 0.370 e. The number of aromatic nitrogens is 3. The molecule has 0 saturated heterocycles. The van der Waals surface area contributed by atoms with Crippen LogP contribution in [0.3, 0.4) is 0 Å². The van der Waals surface area contributed by atoms with Crippen molar-refractivity contribution in [3.63, 3.8) is 0 Å². The minimum atomic E-state index is 0.303. The molecule has 0 aliphatic heterocycles. The summed E-state index contributed by atoms with van der Waals surface area (Å²) in [7, 11) is 2.04. The van der Waals surface area contributed by atoms with E-state index in [0.29, 0.717) is 5.92 Å². The fraction of sp³-hybridized carbons (Fsp3) is 0.533. The smallest absolute Gasteiger partial charge is 0.135 e. The summed E-state index contributed by atoms with van der Waals surface area (Å²) in [4.78, 5) is 15.8. The lowest BCUT2D eigenvalue weighted by molar-refractivity contribution is 0.761. The highest BCUT2D eigenvalue weighted by Crippen LogP contribution is 2.21. The van der Waals surface area contributed by atoms with E-state index in [-0.39, 0.29) is 0 Å². The first kappa shape index (κ1) is 15.7. The standard InChI is InChI=1S/C15H23N5S/c1-6-16-13-7-14(19-15(18-13)10(2)3)20(5)8-12-9-21-11(4)17-12/h7,9-10H,6,8H2,1-5H3,(H,16,18,19). The number of nitrogens with one attached hydrogen (secondary N) is 1. The van der Waals surface area contributed by atoms with Crippen LogP contribution in [0.5, 0.6) is 0 Å². The number of rotatable bonds is 6. The van der Waals surface area contributed by atoms with E-state index in [4.69, 9.17) is 0 Å². The Balaban J connectivity index is 2.24. The van der Waals surface area contributed by atoms with Gasteiger partial charge in [0, 0.05) is 31.0 Å². The van der Waals surface area contributed by atoms with Gasteiger partial charge in [-0.15, -0.1) is 11.3 Å². The highest BCUT2D eigenvalue weighted by molar-refractivity contribution is 7.09. The zero-order chi connectivity index (χ0) is 15.4. The number of aryl methyl sites for hydroxylation is 1. The molecule has 2 aromatic heterocycles. The molecular formula is C15H23N5S. The minimum absolute atomic E-state index is 0.303. The average molecular weight is 305 g/mol. The van der Waals surface area contributed by atoms with Crippen molar-refractivity contribution in [2.45, 2.75) is 40.2 Å². The molecule has 0 unspecified atom stereocenters. The highest BCUT2D eigenvalue weighted by atomic mass is 32.1. The zero-order valence-corrected chi connectivity index (χ0v) is 14.2. The normalized spacial score (nSPS) is 11.0. The molecule has 5 nitrogen and oxygen atoms in total. The van der Waals surface area contributed by atoms with Gasteiger partial charge in [-0.1, -0.05) is 13.8 Å². The quantitative estimate of drug-likeness (QED) is 0.886. The topological polar surface area (TPSA) is 53.9 Å². The van der Waals surface area contributed by atoms with Gasteiger partial charge in [-0.3, -0.25) is 0 Å². The molecule has 0 fully saturated rings. The van der Waals surface area contributed by atoms with E-state index in [0.717, 1.165) is 41.3 Å². The van der Waals surface area contributed by atoms with Crippen molar-refractivity contribution in [1.82, 2.24) is 15.0 Å². The maximum Gasteiger partial charge on any atom is 0.135 e. The van der Waals surface area contributed by atoms with Crippen molar-refractivity contribution in [3.8, 4) is 0 Å². The van der Waals surface area contributed by atoms with Gasteiger partial charge in [-0.2, -0.15) is 0 Å². The summed E-state index contributed by atoms with van der Waals surface area (Å²) in [6.45, 7) is 9.92. The second-order valence-corrected chi connectivity index (χ2v) is 6.43. The van der Waals surface area contributed by atoms with E-state index in [9.17, 15) is 0 Å². The van der Waals surface area contributed by atoms with Gasteiger partial charge < -0.3 is 10.2 Å². The molecule has 21 heavy (non-hydrogen) atoms. The Kier molecular flexibility index (Phi) is 5.12. The van der Waals surface area contributed by atoms with Crippen LogP contribution in [-0.2, 0) is 6.54 Å². The summed E-state index contributed by atoms with van der Waals surface area (Å²) < 4.78 is 0. The van der Waals surface area contributed by atoms with E-state index >= 15 is 0 Å². The Morgan fingerprint density at radius 2 is 2.05 bits per heavy atom. The SMILES string of the molecule is CCNc1cc(N(C)Cc2csc(C)n2)nc(C(C)C)n1. The van der Waals surface area contributed by atoms with Crippen LogP contribution in [0.15, 0.2) is 11.4 Å². The summed E-state index contributed by atoms with van der Waals surface area (Å²) in [6, 6.07) is 1.99. The Hall–Kier alpha value is -1.69. The van der Waals surface area contributed by atoms with Gasteiger partial charge in [0.05, 0.1) is 17.2 Å². The van der Waals surface area contributed by atoms with Gasteiger partial charge in [-0.25, -0.2) is 15.0 Å². The van der Waals surface area contributed by atoms with Crippen molar-refractivity contribution >= 4 is 23.0 Å². The maximum atomic E-state index is 4.67. The maximum absolute atomic E-state index is 4.67. The Bertz CT molecular complexity index is 593. The number of hydrogen-bond donors (Lipinski definition) is 1. The van der Waals surface area contributed by atoms with Gasteiger partial charge in [0.1, 0.15) is 17.5 Å². The highest BCUT2D eigenvalue weighted by Gasteiger charge is 2.12. The number of thiazole rings is 1. The van der Waals surface area contributed by atoms with Gasteiger partial charge >= 0.3 is 0 Å². The van der Waals surface area contributed by atoms with E-state index in [1.807, 2.05) is 20.0 Å². The van der Waals surface area contributed by atoms with Crippen LogP contribution in [0.2, 0.25) is 0 Å². The molecule has 2 aromatic rings. The van der Waals surface area contributed by atoms with Crippen LogP contribution >= 0.6 is 11.3 Å². The molecule has 0 aliphatic rings. The molecule has 6 heteroatoms. The third-order valence-electron chi connectivity index (χ3n) is 3.06. The molecule has 0 amide bonds. The van der Waals surface area contributed by atoms with Gasteiger partial charge in [0.2, 0.25) is 0 Å². The second kappa shape index (κ2) is 6.85. The van der Waals surface area contributed by atoms with Crippen molar-refractivity contribution in [2.24, 2.45) is 0 Å².